The number of rotatable bonds is 8. The van der Waals surface area contributed by atoms with Crippen LogP contribution in [0.15, 0.2) is 66.7 Å². The van der Waals surface area contributed by atoms with Crippen molar-refractivity contribution in [2.45, 2.75) is 65.1 Å². The fourth-order valence-electron chi connectivity index (χ4n) is 4.31. The van der Waals surface area contributed by atoms with Gasteiger partial charge >= 0.3 is 12.2 Å². The van der Waals surface area contributed by atoms with Gasteiger partial charge in [0.05, 0.1) is 5.56 Å². The molecular formula is C31H37F3N4O. The molecule has 4 N–H and O–H groups in total. The number of carbonyl (C=O) groups excluding carboxylic acids is 1. The summed E-state index contributed by atoms with van der Waals surface area (Å²) >= 11 is 0. The molecule has 3 rings (SSSR count). The Morgan fingerprint density at radius 2 is 1.51 bits per heavy atom. The molecule has 0 unspecified atom stereocenters. The number of carbonyl (C=O) groups is 1. The molecule has 208 valence electrons. The molecule has 0 atom stereocenters. The average Bonchev–Trinajstić information content (AvgIpc) is 2.87. The minimum Gasteiger partial charge on any atom is -0.398 e. The zero-order chi connectivity index (χ0) is 28.8. The minimum absolute atomic E-state index is 0.0680. The number of nitrogens with zero attached hydrogens (tertiary/aromatic N) is 1. The normalized spacial score (nSPS) is 11.8. The summed E-state index contributed by atoms with van der Waals surface area (Å²) in [6.45, 7) is 9.11. The van der Waals surface area contributed by atoms with Crippen LogP contribution in [0.1, 0.15) is 62.8 Å². The fourth-order valence-corrected chi connectivity index (χ4v) is 4.31. The molecule has 0 radical (unpaired) electrons. The van der Waals surface area contributed by atoms with Gasteiger partial charge in [0.15, 0.2) is 0 Å². The molecule has 0 spiro atoms. The van der Waals surface area contributed by atoms with E-state index in [9.17, 15) is 18.0 Å². The molecule has 0 aliphatic heterocycles. The van der Waals surface area contributed by atoms with E-state index in [1.807, 2.05) is 43.3 Å². The highest BCUT2D eigenvalue weighted by Gasteiger charge is 2.32. The first-order chi connectivity index (χ1) is 18.3. The molecule has 0 saturated carbocycles. The number of hydrogen-bond donors (Lipinski definition) is 3. The molecule has 5 nitrogen and oxygen atoms in total. The van der Waals surface area contributed by atoms with Crippen molar-refractivity contribution in [3.8, 4) is 11.1 Å². The van der Waals surface area contributed by atoms with E-state index in [1.165, 1.54) is 22.6 Å². The summed E-state index contributed by atoms with van der Waals surface area (Å²) in [5.74, 6) is 0.259. The number of anilines is 1. The summed E-state index contributed by atoms with van der Waals surface area (Å²) in [6.07, 6.45) is -2.65. The molecule has 0 saturated heterocycles. The second-order valence-electron chi connectivity index (χ2n) is 10.6. The molecule has 3 aromatic rings. The van der Waals surface area contributed by atoms with Crippen LogP contribution in [0.25, 0.3) is 11.1 Å². The van der Waals surface area contributed by atoms with Gasteiger partial charge in [0.1, 0.15) is 5.84 Å². The third kappa shape index (κ3) is 8.09. The van der Waals surface area contributed by atoms with E-state index < -0.39 is 11.7 Å². The molecule has 3 aromatic carbocycles. The summed E-state index contributed by atoms with van der Waals surface area (Å²) in [5, 5.41) is 11.3. The first-order valence-corrected chi connectivity index (χ1v) is 13.1. The third-order valence-corrected chi connectivity index (χ3v) is 6.67. The summed E-state index contributed by atoms with van der Waals surface area (Å²) in [4.78, 5) is 14.2. The number of amides is 2. The standard InChI is InChI=1S/C31H37F3N4O/c1-5-38(29(39)37-20-22-11-16-25(17-12-22)30(2,3)4)28(36)8-6-7-21-9-13-23(14-10-21)24-15-18-26(27(35)19-24)31(32,33)34/h9-19,36H,5-8,20,35H2,1-4H3,(H,37,39). The lowest BCUT2D eigenvalue weighted by Crippen LogP contribution is -2.43. The Labute approximate surface area is 228 Å². The highest BCUT2D eigenvalue weighted by Crippen LogP contribution is 2.35. The highest BCUT2D eigenvalue weighted by atomic mass is 19.4. The van der Waals surface area contributed by atoms with E-state index in [2.05, 4.69) is 38.2 Å². The van der Waals surface area contributed by atoms with Gasteiger partial charge in [-0.25, -0.2) is 4.79 Å². The lowest BCUT2D eigenvalue weighted by molar-refractivity contribution is -0.136. The van der Waals surface area contributed by atoms with Crippen molar-refractivity contribution in [2.24, 2.45) is 0 Å². The second kappa shape index (κ2) is 12.4. The fraction of sp³-hybridized carbons (Fsp3) is 0.355. The van der Waals surface area contributed by atoms with Crippen LogP contribution in [0.2, 0.25) is 0 Å². The van der Waals surface area contributed by atoms with Crippen molar-refractivity contribution < 1.29 is 18.0 Å². The van der Waals surface area contributed by atoms with E-state index >= 15 is 0 Å². The molecule has 0 bridgehead atoms. The largest absolute Gasteiger partial charge is 0.418 e. The van der Waals surface area contributed by atoms with Crippen LogP contribution >= 0.6 is 0 Å². The van der Waals surface area contributed by atoms with Gasteiger partial charge in [0, 0.05) is 25.2 Å². The van der Waals surface area contributed by atoms with Gasteiger partial charge in [-0.2, -0.15) is 13.2 Å². The van der Waals surface area contributed by atoms with Crippen molar-refractivity contribution in [1.29, 1.82) is 5.41 Å². The lowest BCUT2D eigenvalue weighted by Gasteiger charge is -2.22. The maximum Gasteiger partial charge on any atom is 0.418 e. The number of alkyl halides is 3. The number of nitrogens with one attached hydrogen (secondary N) is 2. The Bertz CT molecular complexity index is 1280. The Balaban J connectivity index is 1.49. The zero-order valence-electron chi connectivity index (χ0n) is 23.0. The summed E-state index contributed by atoms with van der Waals surface area (Å²) in [5.41, 5.74) is 9.21. The molecule has 0 aliphatic carbocycles. The van der Waals surface area contributed by atoms with E-state index in [0.29, 0.717) is 37.9 Å². The average molecular weight is 539 g/mol. The number of urea groups is 1. The SMILES string of the molecule is CCN(C(=N)CCCc1ccc(-c2ccc(C(F)(F)F)c(N)c2)cc1)C(=O)NCc1ccc(C(C)(C)C)cc1. The minimum atomic E-state index is -4.48. The van der Waals surface area contributed by atoms with Crippen LogP contribution in [0.4, 0.5) is 23.7 Å². The molecule has 8 heteroatoms. The number of aryl methyl sites for hydroxylation is 1. The van der Waals surface area contributed by atoms with Crippen LogP contribution in [-0.4, -0.2) is 23.3 Å². The van der Waals surface area contributed by atoms with Gasteiger partial charge in [-0.05, 0) is 65.1 Å². The van der Waals surface area contributed by atoms with E-state index in [-0.39, 0.29) is 23.0 Å². The monoisotopic (exact) mass is 538 g/mol. The number of amidine groups is 1. The predicted octanol–water partition coefficient (Wildman–Crippen LogP) is 7.78. The highest BCUT2D eigenvalue weighted by molar-refractivity contribution is 5.95. The quantitative estimate of drug-likeness (QED) is 0.155. The van der Waals surface area contributed by atoms with Crippen molar-refractivity contribution in [2.75, 3.05) is 12.3 Å². The predicted molar refractivity (Wildman–Crippen MR) is 152 cm³/mol. The van der Waals surface area contributed by atoms with Gasteiger partial charge in [0.25, 0.3) is 0 Å². The first kappa shape index (κ1) is 29.7. The van der Waals surface area contributed by atoms with Gasteiger partial charge in [-0.3, -0.25) is 10.3 Å². The van der Waals surface area contributed by atoms with Gasteiger partial charge in [0.2, 0.25) is 0 Å². The lowest BCUT2D eigenvalue weighted by atomic mass is 9.87. The van der Waals surface area contributed by atoms with Crippen molar-refractivity contribution in [1.82, 2.24) is 10.2 Å². The summed E-state index contributed by atoms with van der Waals surface area (Å²) in [6, 6.07) is 19.2. The summed E-state index contributed by atoms with van der Waals surface area (Å²) in [7, 11) is 0. The third-order valence-electron chi connectivity index (χ3n) is 6.67. The van der Waals surface area contributed by atoms with Crippen molar-refractivity contribution in [3.05, 3.63) is 89.0 Å². The van der Waals surface area contributed by atoms with Crippen LogP contribution < -0.4 is 11.1 Å². The Hall–Kier alpha value is -3.81. The van der Waals surface area contributed by atoms with E-state index in [4.69, 9.17) is 11.1 Å². The Morgan fingerprint density at radius 1 is 0.923 bits per heavy atom. The van der Waals surface area contributed by atoms with Crippen molar-refractivity contribution in [3.63, 3.8) is 0 Å². The molecule has 0 aromatic heterocycles. The smallest absolute Gasteiger partial charge is 0.398 e. The molecule has 0 fully saturated rings. The molecule has 0 aliphatic rings. The number of nitrogen functional groups attached to an aromatic ring is 1. The number of halogens is 3. The molecule has 0 heterocycles. The van der Waals surface area contributed by atoms with E-state index in [0.717, 1.165) is 22.8 Å². The molecule has 39 heavy (non-hydrogen) atoms. The van der Waals surface area contributed by atoms with Gasteiger partial charge < -0.3 is 11.1 Å². The first-order valence-electron chi connectivity index (χ1n) is 13.1. The zero-order valence-corrected chi connectivity index (χ0v) is 23.0. The number of nitrogens with two attached hydrogens (primary N) is 1. The maximum atomic E-state index is 13.0. The Morgan fingerprint density at radius 3 is 2.05 bits per heavy atom. The van der Waals surface area contributed by atoms with Gasteiger partial charge in [-0.1, -0.05) is 75.4 Å². The molecular weight excluding hydrogens is 501 g/mol. The van der Waals surface area contributed by atoms with Crippen LogP contribution in [0, 0.1) is 5.41 Å². The summed E-state index contributed by atoms with van der Waals surface area (Å²) < 4.78 is 38.9. The maximum absolute atomic E-state index is 13.0. The number of hydrogen-bond acceptors (Lipinski definition) is 3. The molecule has 2 amide bonds. The van der Waals surface area contributed by atoms with Crippen LogP contribution in [0.5, 0.6) is 0 Å². The van der Waals surface area contributed by atoms with E-state index in [1.54, 1.807) is 0 Å². The van der Waals surface area contributed by atoms with Crippen molar-refractivity contribution >= 4 is 17.6 Å². The van der Waals surface area contributed by atoms with Gasteiger partial charge in [-0.15, -0.1) is 0 Å². The number of benzene rings is 3. The van der Waals surface area contributed by atoms with Crippen LogP contribution in [-0.2, 0) is 24.6 Å². The second-order valence-corrected chi connectivity index (χ2v) is 10.6. The van der Waals surface area contributed by atoms with Crippen LogP contribution in [0.3, 0.4) is 0 Å². The topological polar surface area (TPSA) is 82.2 Å². The Kier molecular flexibility index (Phi) is 9.43.